The van der Waals surface area contributed by atoms with Crippen LogP contribution in [0.2, 0.25) is 0 Å². The molecule has 0 fully saturated rings. The van der Waals surface area contributed by atoms with Crippen molar-refractivity contribution in [3.63, 3.8) is 0 Å². The summed E-state index contributed by atoms with van der Waals surface area (Å²) in [7, 11) is 0. The third-order valence-corrected chi connectivity index (χ3v) is 2.67. The first-order valence-corrected chi connectivity index (χ1v) is 6.55. The van der Waals surface area contributed by atoms with E-state index in [1.807, 2.05) is 11.8 Å². The summed E-state index contributed by atoms with van der Waals surface area (Å²) in [5.41, 5.74) is -0.330. The molecule has 0 amide bonds. The van der Waals surface area contributed by atoms with Gasteiger partial charge in [-0.1, -0.05) is 6.92 Å². The summed E-state index contributed by atoms with van der Waals surface area (Å²) in [6.45, 7) is 9.35. The van der Waals surface area contributed by atoms with Crippen molar-refractivity contribution >= 4 is 5.97 Å². The third kappa shape index (κ3) is 5.04. The zero-order valence-electron chi connectivity index (χ0n) is 12.1. The van der Waals surface area contributed by atoms with E-state index in [1.165, 1.54) is 6.26 Å². The van der Waals surface area contributed by atoms with Gasteiger partial charge in [-0.25, -0.2) is 4.79 Å². The van der Waals surface area contributed by atoms with Gasteiger partial charge in [0.25, 0.3) is 0 Å². The van der Waals surface area contributed by atoms with E-state index >= 15 is 0 Å². The highest BCUT2D eigenvalue weighted by molar-refractivity contribution is 5.90. The second kappa shape index (κ2) is 6.73. The molecule has 1 aromatic rings. The fourth-order valence-electron chi connectivity index (χ4n) is 1.88. The first-order chi connectivity index (χ1) is 8.87. The van der Waals surface area contributed by atoms with E-state index in [4.69, 9.17) is 9.15 Å². The predicted molar refractivity (Wildman–Crippen MR) is 71.9 cm³/mol. The smallest absolute Gasteiger partial charge is 0.341 e. The van der Waals surface area contributed by atoms with Crippen LogP contribution in [0.4, 0.5) is 0 Å². The zero-order valence-corrected chi connectivity index (χ0v) is 12.1. The molecule has 19 heavy (non-hydrogen) atoms. The molecule has 1 N–H and O–H groups in total. The Hall–Kier alpha value is -1.33. The highest BCUT2D eigenvalue weighted by atomic mass is 16.5. The molecule has 0 atom stereocenters. The van der Waals surface area contributed by atoms with E-state index in [1.54, 1.807) is 26.8 Å². The van der Waals surface area contributed by atoms with Gasteiger partial charge in [0.15, 0.2) is 0 Å². The Kier molecular flexibility index (Phi) is 5.57. The molecule has 0 aliphatic heterocycles. The summed E-state index contributed by atoms with van der Waals surface area (Å²) in [5.74, 6) is 0.204. The minimum atomic E-state index is -0.785. The van der Waals surface area contributed by atoms with Gasteiger partial charge < -0.3 is 14.3 Å². The molecule has 0 saturated heterocycles. The van der Waals surface area contributed by atoms with Crippen LogP contribution in [0.5, 0.6) is 0 Å². The number of ether oxygens (including phenoxy) is 1. The second-order valence-corrected chi connectivity index (χ2v) is 5.09. The van der Waals surface area contributed by atoms with E-state index in [0.29, 0.717) is 31.0 Å². The lowest BCUT2D eigenvalue weighted by molar-refractivity contribution is 0.0330. The molecule has 5 heteroatoms. The van der Waals surface area contributed by atoms with Crippen LogP contribution >= 0.6 is 0 Å². The number of rotatable bonds is 7. The molecule has 1 aromatic heterocycles. The number of aliphatic hydroxyl groups is 1. The van der Waals surface area contributed by atoms with Gasteiger partial charge in [-0.15, -0.1) is 0 Å². The van der Waals surface area contributed by atoms with E-state index in [2.05, 4.69) is 0 Å². The zero-order chi connectivity index (χ0) is 14.5. The minimum absolute atomic E-state index is 0.338. The van der Waals surface area contributed by atoms with E-state index < -0.39 is 5.60 Å². The van der Waals surface area contributed by atoms with Crippen LogP contribution in [0.15, 0.2) is 16.7 Å². The summed E-state index contributed by atoms with van der Waals surface area (Å²) in [4.78, 5) is 13.7. The highest BCUT2D eigenvalue weighted by Gasteiger charge is 2.21. The van der Waals surface area contributed by atoms with Gasteiger partial charge in [0.05, 0.1) is 25.0 Å². The topological polar surface area (TPSA) is 62.9 Å². The number of furan rings is 1. The van der Waals surface area contributed by atoms with Crippen molar-refractivity contribution in [1.82, 2.24) is 4.90 Å². The van der Waals surface area contributed by atoms with Crippen molar-refractivity contribution in [2.75, 3.05) is 19.7 Å². The molecule has 1 heterocycles. The number of carbonyl (C=O) groups is 1. The molecule has 0 aliphatic carbocycles. The van der Waals surface area contributed by atoms with E-state index in [9.17, 15) is 9.90 Å². The molecule has 0 spiro atoms. The third-order valence-electron chi connectivity index (χ3n) is 2.67. The Bertz CT molecular complexity index is 406. The maximum absolute atomic E-state index is 11.7. The fourth-order valence-corrected chi connectivity index (χ4v) is 1.88. The molecule has 0 saturated carbocycles. The fraction of sp³-hybridized carbons (Fsp3) is 0.643. The molecule has 1 rings (SSSR count). The summed E-state index contributed by atoms with van der Waals surface area (Å²) in [6, 6.07) is 1.62. The number of nitrogens with zero attached hydrogens (tertiary/aromatic N) is 1. The number of hydrogen-bond acceptors (Lipinski definition) is 5. The standard InChI is InChI=1S/C14H23NO4/c1-5-15(10-14(3,4)17)9-12-11(7-8-19-12)13(16)18-6-2/h7-8,17H,5-6,9-10H2,1-4H3. The number of likely N-dealkylation sites (N-methyl/N-ethyl adjacent to an activating group) is 1. The molecule has 0 unspecified atom stereocenters. The molecule has 108 valence electrons. The lowest BCUT2D eigenvalue weighted by atomic mass is 10.1. The Labute approximate surface area is 114 Å². The average molecular weight is 269 g/mol. The largest absolute Gasteiger partial charge is 0.467 e. The molecule has 0 aromatic carbocycles. The summed E-state index contributed by atoms with van der Waals surface area (Å²) >= 11 is 0. The Balaban J connectivity index is 2.75. The highest BCUT2D eigenvalue weighted by Crippen LogP contribution is 2.16. The van der Waals surface area contributed by atoms with Crippen molar-refractivity contribution in [1.29, 1.82) is 0 Å². The number of hydrogen-bond donors (Lipinski definition) is 1. The van der Waals surface area contributed by atoms with Crippen molar-refractivity contribution < 1.29 is 19.1 Å². The average Bonchev–Trinajstić information content (AvgIpc) is 2.74. The van der Waals surface area contributed by atoms with Crippen LogP contribution in [0.3, 0.4) is 0 Å². The van der Waals surface area contributed by atoms with Crippen LogP contribution in [0.1, 0.15) is 43.8 Å². The predicted octanol–water partition coefficient (Wildman–Crippen LogP) is 2.05. The van der Waals surface area contributed by atoms with Crippen molar-refractivity contribution in [3.05, 3.63) is 23.7 Å². The van der Waals surface area contributed by atoms with Gasteiger partial charge in [-0.05, 0) is 33.4 Å². The van der Waals surface area contributed by atoms with Gasteiger partial charge in [0, 0.05) is 6.54 Å². The Morgan fingerprint density at radius 1 is 1.47 bits per heavy atom. The number of esters is 1. The van der Waals surface area contributed by atoms with Crippen LogP contribution < -0.4 is 0 Å². The van der Waals surface area contributed by atoms with Crippen molar-refractivity contribution in [2.24, 2.45) is 0 Å². The summed E-state index contributed by atoms with van der Waals surface area (Å²) in [5, 5.41) is 9.85. The lowest BCUT2D eigenvalue weighted by Gasteiger charge is -2.27. The normalized spacial score (nSPS) is 11.9. The maximum atomic E-state index is 11.7. The summed E-state index contributed by atoms with van der Waals surface area (Å²) in [6.07, 6.45) is 1.49. The molecule has 5 nitrogen and oxygen atoms in total. The monoisotopic (exact) mass is 269 g/mol. The first-order valence-electron chi connectivity index (χ1n) is 6.55. The second-order valence-electron chi connectivity index (χ2n) is 5.09. The van der Waals surface area contributed by atoms with Crippen molar-refractivity contribution in [3.8, 4) is 0 Å². The van der Waals surface area contributed by atoms with Gasteiger partial charge in [-0.2, -0.15) is 0 Å². The maximum Gasteiger partial charge on any atom is 0.341 e. The van der Waals surface area contributed by atoms with Gasteiger partial charge >= 0.3 is 5.97 Å². The Morgan fingerprint density at radius 3 is 2.68 bits per heavy atom. The summed E-state index contributed by atoms with van der Waals surface area (Å²) < 4.78 is 10.3. The van der Waals surface area contributed by atoms with Crippen LogP contribution in [-0.4, -0.2) is 41.3 Å². The SMILES string of the molecule is CCOC(=O)c1ccoc1CN(CC)CC(C)(C)O. The molecule has 0 aliphatic rings. The lowest BCUT2D eigenvalue weighted by Crippen LogP contribution is -2.38. The first kappa shape index (κ1) is 15.7. The van der Waals surface area contributed by atoms with E-state index in [0.717, 1.165) is 6.54 Å². The van der Waals surface area contributed by atoms with Crippen molar-refractivity contribution in [2.45, 2.75) is 39.8 Å². The quantitative estimate of drug-likeness (QED) is 0.768. The van der Waals surface area contributed by atoms with Crippen LogP contribution in [0.25, 0.3) is 0 Å². The molecule has 0 radical (unpaired) electrons. The van der Waals surface area contributed by atoms with Crippen LogP contribution in [-0.2, 0) is 11.3 Å². The molecular weight excluding hydrogens is 246 g/mol. The van der Waals surface area contributed by atoms with Gasteiger partial charge in [-0.3, -0.25) is 4.90 Å². The molecular formula is C14H23NO4. The number of carbonyl (C=O) groups excluding carboxylic acids is 1. The molecule has 0 bridgehead atoms. The van der Waals surface area contributed by atoms with Gasteiger partial charge in [0.2, 0.25) is 0 Å². The minimum Gasteiger partial charge on any atom is -0.467 e. The Morgan fingerprint density at radius 2 is 2.16 bits per heavy atom. The van der Waals surface area contributed by atoms with E-state index in [-0.39, 0.29) is 5.97 Å². The van der Waals surface area contributed by atoms with Crippen LogP contribution in [0, 0.1) is 0 Å². The van der Waals surface area contributed by atoms with Gasteiger partial charge in [0.1, 0.15) is 11.3 Å².